The van der Waals surface area contributed by atoms with Crippen LogP contribution in [-0.4, -0.2) is 32.7 Å². The molecular formula is C17H17Cl2NO4. The zero-order chi connectivity index (χ0) is 17.7. The summed E-state index contributed by atoms with van der Waals surface area (Å²) < 4.78 is 15.9. The number of hydrogen-bond donors (Lipinski definition) is 1. The smallest absolute Gasteiger partial charge is 0.203 e. The molecule has 1 N–H and O–H groups in total. The summed E-state index contributed by atoms with van der Waals surface area (Å²) in [7, 11) is 4.65. The number of nitrogens with zero attached hydrogens (tertiary/aromatic N) is 1. The van der Waals surface area contributed by atoms with Gasteiger partial charge in [0, 0.05) is 16.8 Å². The van der Waals surface area contributed by atoms with E-state index in [4.69, 9.17) is 37.4 Å². The molecule has 0 aliphatic carbocycles. The van der Waals surface area contributed by atoms with Gasteiger partial charge < -0.3 is 19.3 Å². The number of phenols is 1. The van der Waals surface area contributed by atoms with E-state index >= 15 is 0 Å². The highest BCUT2D eigenvalue weighted by molar-refractivity contribution is 6.36. The number of phenolic OH excluding ortho intramolecular Hbond substituents is 1. The molecule has 24 heavy (non-hydrogen) atoms. The number of ether oxygens (including phenoxy) is 3. The molecule has 0 saturated heterocycles. The van der Waals surface area contributed by atoms with Crippen LogP contribution in [0.4, 0.5) is 0 Å². The van der Waals surface area contributed by atoms with Crippen molar-refractivity contribution < 1.29 is 19.3 Å². The maximum atomic E-state index is 9.91. The molecule has 0 aromatic heterocycles. The second kappa shape index (κ2) is 8.13. The molecule has 0 fully saturated rings. The van der Waals surface area contributed by atoms with Crippen molar-refractivity contribution in [3.63, 3.8) is 0 Å². The van der Waals surface area contributed by atoms with E-state index in [1.54, 1.807) is 27.4 Å². The Morgan fingerprint density at radius 1 is 1.00 bits per heavy atom. The summed E-state index contributed by atoms with van der Waals surface area (Å²) in [6.07, 6.45) is 1.51. The lowest BCUT2D eigenvalue weighted by Gasteiger charge is -2.13. The van der Waals surface area contributed by atoms with Gasteiger partial charge in [-0.25, -0.2) is 0 Å². The molecule has 0 bridgehead atoms. The zero-order valence-electron chi connectivity index (χ0n) is 13.5. The van der Waals surface area contributed by atoms with Crippen molar-refractivity contribution in [2.75, 3.05) is 21.3 Å². The first-order valence-electron chi connectivity index (χ1n) is 6.96. The first-order valence-corrected chi connectivity index (χ1v) is 7.72. The second-order valence-electron chi connectivity index (χ2n) is 4.83. The third-order valence-corrected chi connectivity index (χ3v) is 3.79. The van der Waals surface area contributed by atoms with E-state index < -0.39 is 0 Å². The molecule has 0 radical (unpaired) electrons. The van der Waals surface area contributed by atoms with Gasteiger partial charge in [0.15, 0.2) is 11.5 Å². The number of aromatic hydroxyl groups is 1. The molecule has 2 aromatic carbocycles. The summed E-state index contributed by atoms with van der Waals surface area (Å²) in [4.78, 5) is 4.31. The second-order valence-corrected chi connectivity index (χ2v) is 5.67. The van der Waals surface area contributed by atoms with Gasteiger partial charge in [-0.3, -0.25) is 4.99 Å². The Bertz CT molecular complexity index is 737. The lowest BCUT2D eigenvalue weighted by Crippen LogP contribution is -1.97. The van der Waals surface area contributed by atoms with Crippen LogP contribution in [0.1, 0.15) is 11.1 Å². The third-order valence-electron chi connectivity index (χ3n) is 3.29. The summed E-state index contributed by atoms with van der Waals surface area (Å²) in [6, 6.07) is 6.67. The van der Waals surface area contributed by atoms with Gasteiger partial charge in [0.2, 0.25) is 5.75 Å². The molecule has 0 aliphatic rings. The third kappa shape index (κ3) is 4.04. The number of rotatable bonds is 6. The maximum Gasteiger partial charge on any atom is 0.203 e. The number of hydrogen-bond acceptors (Lipinski definition) is 5. The van der Waals surface area contributed by atoms with E-state index in [0.717, 1.165) is 5.56 Å². The van der Waals surface area contributed by atoms with Crippen molar-refractivity contribution >= 4 is 29.4 Å². The Kier molecular flexibility index (Phi) is 6.17. The average Bonchev–Trinajstić information content (AvgIpc) is 2.57. The van der Waals surface area contributed by atoms with Gasteiger partial charge in [0.05, 0.1) is 32.9 Å². The molecule has 128 valence electrons. The van der Waals surface area contributed by atoms with E-state index in [1.165, 1.54) is 12.3 Å². The summed E-state index contributed by atoms with van der Waals surface area (Å²) >= 11 is 11.8. The molecule has 5 nitrogen and oxygen atoms in total. The van der Waals surface area contributed by atoms with Crippen molar-refractivity contribution in [1.29, 1.82) is 0 Å². The average molecular weight is 370 g/mol. The molecule has 7 heteroatoms. The van der Waals surface area contributed by atoms with Crippen molar-refractivity contribution in [3.05, 3.63) is 45.4 Å². The van der Waals surface area contributed by atoms with Crippen LogP contribution in [0.15, 0.2) is 29.3 Å². The van der Waals surface area contributed by atoms with Crippen molar-refractivity contribution in [2.24, 2.45) is 4.99 Å². The van der Waals surface area contributed by atoms with Gasteiger partial charge in [0.1, 0.15) is 5.75 Å². The Balaban J connectivity index is 2.26. The maximum absolute atomic E-state index is 9.91. The molecule has 0 amide bonds. The Morgan fingerprint density at radius 2 is 1.62 bits per heavy atom. The van der Waals surface area contributed by atoms with Crippen LogP contribution < -0.4 is 14.2 Å². The number of methoxy groups -OCH3 is 3. The molecule has 0 unspecified atom stereocenters. The van der Waals surface area contributed by atoms with E-state index in [1.807, 2.05) is 12.1 Å². The predicted molar refractivity (Wildman–Crippen MR) is 95.5 cm³/mol. The van der Waals surface area contributed by atoms with Crippen LogP contribution in [-0.2, 0) is 6.54 Å². The summed E-state index contributed by atoms with van der Waals surface area (Å²) in [5.74, 6) is 1.56. The standard InChI is InChI=1S/C17H17Cl2NO4/c1-22-14-4-10(5-15(23-2)17(14)24-3)8-20-9-11-6-12(18)7-13(19)16(11)21/h4-7,9,21H,8H2,1-3H3. The van der Waals surface area contributed by atoms with E-state index in [2.05, 4.69) is 4.99 Å². The number of benzene rings is 2. The van der Waals surface area contributed by atoms with Crippen molar-refractivity contribution in [1.82, 2.24) is 0 Å². The number of halogens is 2. The topological polar surface area (TPSA) is 60.3 Å². The van der Waals surface area contributed by atoms with Gasteiger partial charge in [0.25, 0.3) is 0 Å². The minimum Gasteiger partial charge on any atom is -0.506 e. The molecule has 0 saturated carbocycles. The van der Waals surface area contributed by atoms with Crippen molar-refractivity contribution in [3.8, 4) is 23.0 Å². The van der Waals surface area contributed by atoms with Gasteiger partial charge in [-0.1, -0.05) is 23.2 Å². The fourth-order valence-electron chi connectivity index (χ4n) is 2.16. The summed E-state index contributed by atoms with van der Waals surface area (Å²) in [5.41, 5.74) is 1.30. The van der Waals surface area contributed by atoms with E-state index in [0.29, 0.717) is 34.4 Å². The lowest BCUT2D eigenvalue weighted by atomic mass is 10.1. The molecule has 0 spiro atoms. The molecule has 0 heterocycles. The van der Waals surface area contributed by atoms with Crippen LogP contribution in [0, 0.1) is 0 Å². The first kappa shape index (κ1) is 18.2. The molecular weight excluding hydrogens is 353 g/mol. The quantitative estimate of drug-likeness (QED) is 0.769. The van der Waals surface area contributed by atoms with E-state index in [-0.39, 0.29) is 10.8 Å². The molecule has 2 rings (SSSR count). The van der Waals surface area contributed by atoms with Gasteiger partial charge in [-0.2, -0.15) is 0 Å². The van der Waals surface area contributed by atoms with Gasteiger partial charge >= 0.3 is 0 Å². The normalized spacial score (nSPS) is 10.9. The van der Waals surface area contributed by atoms with Gasteiger partial charge in [-0.15, -0.1) is 0 Å². The SMILES string of the molecule is COc1cc(CN=Cc2cc(Cl)cc(Cl)c2O)cc(OC)c1OC. The fourth-order valence-corrected chi connectivity index (χ4v) is 2.67. The van der Waals surface area contributed by atoms with Crippen LogP contribution >= 0.6 is 23.2 Å². The Hall–Kier alpha value is -2.11. The minimum absolute atomic E-state index is 0.0605. The zero-order valence-corrected chi connectivity index (χ0v) is 15.0. The minimum atomic E-state index is -0.0605. The Morgan fingerprint density at radius 3 is 2.17 bits per heavy atom. The largest absolute Gasteiger partial charge is 0.506 e. The highest BCUT2D eigenvalue weighted by atomic mass is 35.5. The van der Waals surface area contributed by atoms with Crippen LogP contribution in [0.25, 0.3) is 0 Å². The first-order chi connectivity index (χ1) is 11.5. The summed E-state index contributed by atoms with van der Waals surface area (Å²) in [5, 5.41) is 10.5. The predicted octanol–water partition coefficient (Wildman–Crippen LogP) is 4.34. The number of aliphatic imine (C=N–C) groups is 1. The van der Waals surface area contributed by atoms with Crippen molar-refractivity contribution in [2.45, 2.75) is 6.54 Å². The molecule has 2 aromatic rings. The van der Waals surface area contributed by atoms with E-state index in [9.17, 15) is 5.11 Å². The monoisotopic (exact) mass is 369 g/mol. The highest BCUT2D eigenvalue weighted by Gasteiger charge is 2.13. The molecule has 0 aliphatic heterocycles. The Labute approximate surface area is 150 Å². The fraction of sp³-hybridized carbons (Fsp3) is 0.235. The summed E-state index contributed by atoms with van der Waals surface area (Å²) in [6.45, 7) is 0.348. The van der Waals surface area contributed by atoms with Crippen LogP contribution in [0.2, 0.25) is 10.0 Å². The van der Waals surface area contributed by atoms with Crippen LogP contribution in [0.5, 0.6) is 23.0 Å². The lowest BCUT2D eigenvalue weighted by molar-refractivity contribution is 0.324. The van der Waals surface area contributed by atoms with Gasteiger partial charge in [-0.05, 0) is 29.8 Å². The molecule has 0 atom stereocenters. The highest BCUT2D eigenvalue weighted by Crippen LogP contribution is 2.38. The van der Waals surface area contributed by atoms with Crippen LogP contribution in [0.3, 0.4) is 0 Å².